The highest BCUT2D eigenvalue weighted by Gasteiger charge is 2.16. The average Bonchev–Trinajstić information content (AvgIpc) is 2.54. The van der Waals surface area contributed by atoms with Crippen LogP contribution in [0.15, 0.2) is 42.5 Å². The Morgan fingerprint density at radius 1 is 1.00 bits per heavy atom. The largest absolute Gasteiger partial charge is 0.488 e. The third kappa shape index (κ3) is 3.69. The Hall–Kier alpha value is -2.24. The third-order valence-corrected chi connectivity index (χ3v) is 3.25. The van der Waals surface area contributed by atoms with Crippen molar-refractivity contribution in [2.24, 2.45) is 11.1 Å². The van der Waals surface area contributed by atoms with Crippen LogP contribution in [0.2, 0.25) is 0 Å². The Kier molecular flexibility index (Phi) is 4.90. The van der Waals surface area contributed by atoms with Crippen molar-refractivity contribution in [3.05, 3.63) is 53.6 Å². The van der Waals surface area contributed by atoms with E-state index in [9.17, 15) is 0 Å². The van der Waals surface area contributed by atoms with Crippen molar-refractivity contribution >= 4 is 0 Å². The molecular formula is C20H23NO. The summed E-state index contributed by atoms with van der Waals surface area (Å²) >= 11 is 0. The Morgan fingerprint density at radius 3 is 2.45 bits per heavy atom. The summed E-state index contributed by atoms with van der Waals surface area (Å²) in [5.41, 5.74) is 9.20. The lowest BCUT2D eigenvalue weighted by atomic mass is 9.95. The van der Waals surface area contributed by atoms with Crippen LogP contribution in [0.1, 0.15) is 31.9 Å². The first-order valence-electron chi connectivity index (χ1n) is 7.49. The fraction of sp³-hybridized carbons (Fsp3) is 0.300. The number of ether oxygens (including phenoxy) is 1. The molecule has 1 aliphatic heterocycles. The maximum Gasteiger partial charge on any atom is 0.128 e. The number of hydrogen-bond acceptors (Lipinski definition) is 2. The average molecular weight is 293 g/mol. The molecule has 3 rings (SSSR count). The second kappa shape index (κ2) is 6.68. The van der Waals surface area contributed by atoms with Crippen molar-refractivity contribution in [2.75, 3.05) is 7.05 Å². The molecule has 0 saturated heterocycles. The standard InChI is InChI=1S/C19H18O.CH5N/c1-19(2,3)11-10-14-8-9-17-16-7-5-4-6-15(16)13-20-18(17)12-14;1-2/h4-9,12H,13H2,1-3H3;2H2,1H3. The van der Waals surface area contributed by atoms with Gasteiger partial charge in [-0.2, -0.15) is 0 Å². The van der Waals surface area contributed by atoms with E-state index in [0.717, 1.165) is 16.9 Å². The molecule has 0 spiro atoms. The molecule has 22 heavy (non-hydrogen) atoms. The van der Waals surface area contributed by atoms with Crippen molar-refractivity contribution in [1.82, 2.24) is 0 Å². The van der Waals surface area contributed by atoms with E-state index in [1.54, 1.807) is 0 Å². The quantitative estimate of drug-likeness (QED) is 0.738. The molecule has 2 N–H and O–H groups in total. The van der Waals surface area contributed by atoms with Crippen molar-refractivity contribution in [3.63, 3.8) is 0 Å². The Bertz CT molecular complexity index is 714. The van der Waals surface area contributed by atoms with Crippen LogP contribution in [0.4, 0.5) is 0 Å². The summed E-state index contributed by atoms with van der Waals surface area (Å²) in [6.07, 6.45) is 0. The second-order valence-electron chi connectivity index (χ2n) is 6.16. The van der Waals surface area contributed by atoms with Gasteiger partial charge >= 0.3 is 0 Å². The molecule has 0 bridgehead atoms. The molecule has 114 valence electrons. The SMILES string of the molecule is CC(C)(C)C#Cc1ccc2c(c1)OCc1ccccc1-2.CN. The second-order valence-corrected chi connectivity index (χ2v) is 6.16. The van der Waals surface area contributed by atoms with E-state index < -0.39 is 0 Å². The molecule has 2 heteroatoms. The smallest absolute Gasteiger partial charge is 0.128 e. The summed E-state index contributed by atoms with van der Waals surface area (Å²) in [6, 6.07) is 14.6. The van der Waals surface area contributed by atoms with Crippen LogP contribution in [0, 0.1) is 17.3 Å². The monoisotopic (exact) mass is 293 g/mol. The zero-order chi connectivity index (χ0) is 16.2. The zero-order valence-corrected chi connectivity index (χ0v) is 13.7. The van der Waals surface area contributed by atoms with Gasteiger partial charge in [-0.15, -0.1) is 0 Å². The molecule has 0 aromatic heterocycles. The Labute approximate surface area is 133 Å². The first-order valence-corrected chi connectivity index (χ1v) is 7.49. The van der Waals surface area contributed by atoms with Crippen LogP contribution < -0.4 is 10.5 Å². The number of nitrogens with two attached hydrogens (primary N) is 1. The fourth-order valence-electron chi connectivity index (χ4n) is 2.27. The molecule has 0 atom stereocenters. The Morgan fingerprint density at radius 2 is 1.73 bits per heavy atom. The van der Waals surface area contributed by atoms with Crippen molar-refractivity contribution in [1.29, 1.82) is 0 Å². The normalized spacial score (nSPS) is 11.7. The van der Waals surface area contributed by atoms with Gasteiger partial charge in [-0.3, -0.25) is 0 Å². The fourth-order valence-corrected chi connectivity index (χ4v) is 2.27. The summed E-state index contributed by atoms with van der Waals surface area (Å²) in [4.78, 5) is 0. The van der Waals surface area contributed by atoms with Crippen LogP contribution in [-0.2, 0) is 6.61 Å². The number of rotatable bonds is 0. The topological polar surface area (TPSA) is 35.2 Å². The van der Waals surface area contributed by atoms with Gasteiger partial charge in [0.05, 0.1) is 0 Å². The highest BCUT2D eigenvalue weighted by atomic mass is 16.5. The van der Waals surface area contributed by atoms with Gasteiger partial charge in [0.2, 0.25) is 0 Å². The lowest BCUT2D eigenvalue weighted by molar-refractivity contribution is 0.302. The molecule has 0 saturated carbocycles. The van der Waals surface area contributed by atoms with Gasteiger partial charge in [0.1, 0.15) is 12.4 Å². The molecule has 2 aromatic rings. The Balaban J connectivity index is 0.000000847. The van der Waals surface area contributed by atoms with Crippen molar-refractivity contribution in [3.8, 4) is 28.7 Å². The predicted molar refractivity (Wildman–Crippen MR) is 92.7 cm³/mol. The highest BCUT2D eigenvalue weighted by molar-refractivity contribution is 5.75. The molecule has 0 aliphatic carbocycles. The number of fused-ring (bicyclic) bond motifs is 3. The minimum atomic E-state index is 0.0172. The van der Waals surface area contributed by atoms with Crippen LogP contribution in [0.3, 0.4) is 0 Å². The lowest BCUT2D eigenvalue weighted by Crippen LogP contribution is -2.05. The molecular weight excluding hydrogens is 270 g/mol. The third-order valence-electron chi connectivity index (χ3n) is 3.25. The first kappa shape index (κ1) is 16.1. The summed E-state index contributed by atoms with van der Waals surface area (Å²) in [6.45, 7) is 6.99. The molecule has 2 nitrogen and oxygen atoms in total. The van der Waals surface area contributed by atoms with Gasteiger partial charge in [0.25, 0.3) is 0 Å². The van der Waals surface area contributed by atoms with Gasteiger partial charge < -0.3 is 10.5 Å². The predicted octanol–water partition coefficient (Wildman–Crippen LogP) is 4.22. The van der Waals surface area contributed by atoms with Gasteiger partial charge in [-0.05, 0) is 57.1 Å². The van der Waals surface area contributed by atoms with E-state index >= 15 is 0 Å². The van der Waals surface area contributed by atoms with E-state index in [1.165, 1.54) is 18.2 Å². The molecule has 1 heterocycles. The summed E-state index contributed by atoms with van der Waals surface area (Å²) in [5, 5.41) is 0. The number of benzene rings is 2. The summed E-state index contributed by atoms with van der Waals surface area (Å²) in [5.74, 6) is 7.42. The van der Waals surface area contributed by atoms with Crippen molar-refractivity contribution < 1.29 is 4.74 Å². The van der Waals surface area contributed by atoms with Gasteiger partial charge in [0, 0.05) is 16.5 Å². The summed E-state index contributed by atoms with van der Waals surface area (Å²) in [7, 11) is 1.50. The molecule has 0 radical (unpaired) electrons. The van der Waals surface area contributed by atoms with Crippen molar-refractivity contribution in [2.45, 2.75) is 27.4 Å². The zero-order valence-electron chi connectivity index (χ0n) is 13.7. The minimum absolute atomic E-state index is 0.0172. The van der Waals surface area contributed by atoms with E-state index in [4.69, 9.17) is 4.74 Å². The van der Waals surface area contributed by atoms with Crippen LogP contribution >= 0.6 is 0 Å². The van der Waals surface area contributed by atoms with E-state index in [-0.39, 0.29) is 5.41 Å². The minimum Gasteiger partial charge on any atom is -0.488 e. The van der Waals surface area contributed by atoms with Crippen LogP contribution in [0.25, 0.3) is 11.1 Å². The first-order chi connectivity index (χ1) is 10.5. The molecule has 0 fully saturated rings. The highest BCUT2D eigenvalue weighted by Crippen LogP contribution is 2.37. The number of hydrogen-bond donors (Lipinski definition) is 1. The molecule has 1 aliphatic rings. The molecule has 0 unspecified atom stereocenters. The van der Waals surface area contributed by atoms with E-state index in [1.807, 2.05) is 6.07 Å². The van der Waals surface area contributed by atoms with Gasteiger partial charge in [-0.25, -0.2) is 0 Å². The van der Waals surface area contributed by atoms with Crippen LogP contribution in [-0.4, -0.2) is 7.05 Å². The maximum atomic E-state index is 5.85. The van der Waals surface area contributed by atoms with Crippen LogP contribution in [0.5, 0.6) is 5.75 Å². The van der Waals surface area contributed by atoms with E-state index in [2.05, 4.69) is 74.7 Å². The van der Waals surface area contributed by atoms with E-state index in [0.29, 0.717) is 6.61 Å². The van der Waals surface area contributed by atoms with Gasteiger partial charge in [-0.1, -0.05) is 36.1 Å². The molecule has 0 amide bonds. The lowest BCUT2D eigenvalue weighted by Gasteiger charge is -2.20. The molecule has 2 aromatic carbocycles. The van der Waals surface area contributed by atoms with Gasteiger partial charge in [0.15, 0.2) is 0 Å². The summed E-state index contributed by atoms with van der Waals surface area (Å²) < 4.78 is 5.85. The maximum absolute atomic E-state index is 5.85.